The first-order chi connectivity index (χ1) is 13.3. The van der Waals surface area contributed by atoms with Gasteiger partial charge in [0.25, 0.3) is 0 Å². The number of benzene rings is 3. The lowest BCUT2D eigenvalue weighted by atomic mass is 9.85. The largest absolute Gasteiger partial charge is 0.454 e. The molecule has 0 amide bonds. The van der Waals surface area contributed by atoms with Gasteiger partial charge in [-0.3, -0.25) is 0 Å². The zero-order chi connectivity index (χ0) is 20.1. The number of ether oxygens (including phenoxy) is 2. The quantitative estimate of drug-likeness (QED) is 0.468. The van der Waals surface area contributed by atoms with Gasteiger partial charge in [-0.1, -0.05) is 44.2 Å². The molecule has 0 aliphatic rings. The molecule has 3 aromatic carbocycles. The van der Waals surface area contributed by atoms with Gasteiger partial charge < -0.3 is 9.47 Å². The van der Waals surface area contributed by atoms with Crippen molar-refractivity contribution in [2.24, 2.45) is 0 Å². The first-order valence-corrected chi connectivity index (χ1v) is 8.90. The summed E-state index contributed by atoms with van der Waals surface area (Å²) in [6, 6.07) is 17.3. The molecular formula is C23H21F3O2. The minimum absolute atomic E-state index is 0.118. The highest BCUT2D eigenvalue weighted by Crippen LogP contribution is 2.28. The molecule has 3 aromatic rings. The van der Waals surface area contributed by atoms with Gasteiger partial charge in [0.05, 0.1) is 13.2 Å². The van der Waals surface area contributed by atoms with E-state index in [2.05, 4.69) is 0 Å². The highest BCUT2D eigenvalue weighted by atomic mass is 19.2. The normalized spacial score (nSPS) is 11.5. The molecule has 0 aliphatic heterocycles. The monoisotopic (exact) mass is 386 g/mol. The lowest BCUT2D eigenvalue weighted by molar-refractivity contribution is 0.0822. The Morgan fingerprint density at radius 1 is 0.786 bits per heavy atom. The van der Waals surface area contributed by atoms with E-state index in [-0.39, 0.29) is 19.0 Å². The maximum absolute atomic E-state index is 14.0. The Kier molecular flexibility index (Phi) is 6.05. The minimum Gasteiger partial charge on any atom is -0.454 e. The Hall–Kier alpha value is -2.79. The number of hydrogen-bond donors (Lipinski definition) is 0. The third-order valence-electron chi connectivity index (χ3n) is 4.40. The van der Waals surface area contributed by atoms with E-state index in [0.29, 0.717) is 11.3 Å². The SMILES string of the molecule is CC(C)(COCc1ccc(F)c(Oc2ccccc2)c1)c1ccc(F)c(F)c1. The summed E-state index contributed by atoms with van der Waals surface area (Å²) >= 11 is 0. The summed E-state index contributed by atoms with van der Waals surface area (Å²) in [4.78, 5) is 0. The average molecular weight is 386 g/mol. The van der Waals surface area contributed by atoms with Crippen molar-refractivity contribution in [3.8, 4) is 11.5 Å². The van der Waals surface area contributed by atoms with E-state index in [9.17, 15) is 13.2 Å². The lowest BCUT2D eigenvalue weighted by Crippen LogP contribution is -2.24. The zero-order valence-electron chi connectivity index (χ0n) is 15.7. The van der Waals surface area contributed by atoms with Gasteiger partial charge in [-0.15, -0.1) is 0 Å². The number of halogens is 3. The summed E-state index contributed by atoms with van der Waals surface area (Å²) in [5.74, 6) is -1.56. The second-order valence-corrected chi connectivity index (χ2v) is 7.19. The molecule has 0 unspecified atom stereocenters. The third-order valence-corrected chi connectivity index (χ3v) is 4.40. The molecule has 146 valence electrons. The molecule has 0 atom stereocenters. The molecule has 0 saturated heterocycles. The second kappa shape index (κ2) is 8.48. The van der Waals surface area contributed by atoms with E-state index in [1.807, 2.05) is 19.9 Å². The maximum atomic E-state index is 14.0. The van der Waals surface area contributed by atoms with Crippen LogP contribution in [0.25, 0.3) is 0 Å². The molecule has 0 aliphatic carbocycles. The van der Waals surface area contributed by atoms with Gasteiger partial charge >= 0.3 is 0 Å². The van der Waals surface area contributed by atoms with Crippen LogP contribution in [0.2, 0.25) is 0 Å². The van der Waals surface area contributed by atoms with E-state index in [0.717, 1.165) is 11.6 Å². The van der Waals surface area contributed by atoms with Crippen molar-refractivity contribution in [2.45, 2.75) is 25.9 Å². The topological polar surface area (TPSA) is 18.5 Å². The van der Waals surface area contributed by atoms with Crippen LogP contribution in [0.3, 0.4) is 0 Å². The van der Waals surface area contributed by atoms with Crippen LogP contribution in [0.4, 0.5) is 13.2 Å². The molecular weight excluding hydrogens is 365 g/mol. The highest BCUT2D eigenvalue weighted by Gasteiger charge is 2.22. The molecule has 0 radical (unpaired) electrons. The van der Waals surface area contributed by atoms with Crippen molar-refractivity contribution in [1.82, 2.24) is 0 Å². The van der Waals surface area contributed by atoms with E-state index in [1.54, 1.807) is 42.5 Å². The van der Waals surface area contributed by atoms with Gasteiger partial charge in [0.1, 0.15) is 5.75 Å². The van der Waals surface area contributed by atoms with Crippen LogP contribution >= 0.6 is 0 Å². The lowest BCUT2D eigenvalue weighted by Gasteiger charge is -2.25. The van der Waals surface area contributed by atoms with Crippen molar-refractivity contribution in [3.63, 3.8) is 0 Å². The summed E-state index contributed by atoms with van der Waals surface area (Å²) in [5.41, 5.74) is 0.866. The fourth-order valence-electron chi connectivity index (χ4n) is 2.76. The van der Waals surface area contributed by atoms with Crippen LogP contribution in [0.5, 0.6) is 11.5 Å². The molecule has 0 spiro atoms. The predicted molar refractivity (Wildman–Crippen MR) is 102 cm³/mol. The molecule has 2 nitrogen and oxygen atoms in total. The Balaban J connectivity index is 1.64. The van der Waals surface area contributed by atoms with Crippen LogP contribution in [0, 0.1) is 17.5 Å². The Morgan fingerprint density at radius 2 is 1.50 bits per heavy atom. The molecule has 0 heterocycles. The summed E-state index contributed by atoms with van der Waals surface area (Å²) in [5, 5.41) is 0. The molecule has 5 heteroatoms. The molecule has 0 N–H and O–H groups in total. The minimum atomic E-state index is -0.883. The Labute approximate surface area is 162 Å². The summed E-state index contributed by atoms with van der Waals surface area (Å²) < 4.78 is 52.0. The summed E-state index contributed by atoms with van der Waals surface area (Å²) in [6.45, 7) is 4.28. The van der Waals surface area contributed by atoms with Crippen LogP contribution in [0.15, 0.2) is 66.7 Å². The van der Waals surface area contributed by atoms with Gasteiger partial charge in [0.2, 0.25) is 0 Å². The van der Waals surface area contributed by atoms with E-state index >= 15 is 0 Å². The molecule has 0 saturated carbocycles. The zero-order valence-corrected chi connectivity index (χ0v) is 15.7. The van der Waals surface area contributed by atoms with Crippen LogP contribution in [-0.4, -0.2) is 6.61 Å². The van der Waals surface area contributed by atoms with Crippen molar-refractivity contribution in [2.75, 3.05) is 6.61 Å². The summed E-state index contributed by atoms with van der Waals surface area (Å²) in [6.07, 6.45) is 0. The Morgan fingerprint density at radius 3 is 2.21 bits per heavy atom. The Bertz CT molecular complexity index is 940. The van der Waals surface area contributed by atoms with Crippen molar-refractivity contribution in [1.29, 1.82) is 0 Å². The van der Waals surface area contributed by atoms with E-state index in [4.69, 9.17) is 9.47 Å². The maximum Gasteiger partial charge on any atom is 0.165 e. The fourth-order valence-corrected chi connectivity index (χ4v) is 2.76. The predicted octanol–water partition coefficient (Wildman–Crippen LogP) is 6.39. The standard InChI is InChI=1S/C23H21F3O2/c1-23(2,17-9-11-19(24)21(26)13-17)15-27-14-16-8-10-20(25)22(12-16)28-18-6-4-3-5-7-18/h3-13H,14-15H2,1-2H3. The number of rotatable bonds is 7. The van der Waals surface area contributed by atoms with Gasteiger partial charge in [0, 0.05) is 5.41 Å². The van der Waals surface area contributed by atoms with Crippen molar-refractivity contribution in [3.05, 3.63) is 95.3 Å². The van der Waals surface area contributed by atoms with Crippen molar-refractivity contribution >= 4 is 0 Å². The van der Waals surface area contributed by atoms with E-state index < -0.39 is 22.9 Å². The van der Waals surface area contributed by atoms with E-state index in [1.165, 1.54) is 12.1 Å². The second-order valence-electron chi connectivity index (χ2n) is 7.19. The number of hydrogen-bond acceptors (Lipinski definition) is 2. The number of para-hydroxylation sites is 1. The van der Waals surface area contributed by atoms with Crippen LogP contribution < -0.4 is 4.74 Å². The van der Waals surface area contributed by atoms with Crippen molar-refractivity contribution < 1.29 is 22.6 Å². The fraction of sp³-hybridized carbons (Fsp3) is 0.217. The first-order valence-electron chi connectivity index (χ1n) is 8.90. The van der Waals surface area contributed by atoms with Crippen LogP contribution in [-0.2, 0) is 16.8 Å². The molecule has 3 rings (SSSR count). The van der Waals surface area contributed by atoms with Gasteiger partial charge in [-0.2, -0.15) is 0 Å². The average Bonchev–Trinajstić information content (AvgIpc) is 2.67. The third kappa shape index (κ3) is 4.93. The highest BCUT2D eigenvalue weighted by molar-refractivity contribution is 5.35. The smallest absolute Gasteiger partial charge is 0.165 e. The van der Waals surface area contributed by atoms with Gasteiger partial charge in [0.15, 0.2) is 23.2 Å². The van der Waals surface area contributed by atoms with Gasteiger partial charge in [-0.05, 0) is 47.5 Å². The van der Waals surface area contributed by atoms with Crippen LogP contribution in [0.1, 0.15) is 25.0 Å². The molecule has 0 bridgehead atoms. The first kappa shape index (κ1) is 20.0. The molecule has 0 fully saturated rings. The summed E-state index contributed by atoms with van der Waals surface area (Å²) in [7, 11) is 0. The molecule has 28 heavy (non-hydrogen) atoms. The molecule has 0 aromatic heterocycles. The van der Waals surface area contributed by atoms with Gasteiger partial charge in [-0.25, -0.2) is 13.2 Å².